The lowest BCUT2D eigenvalue weighted by atomic mass is 10.2. The van der Waals surface area contributed by atoms with Crippen LogP contribution in [-0.4, -0.2) is 22.6 Å². The van der Waals surface area contributed by atoms with Crippen LogP contribution >= 0.6 is 27.5 Å². The van der Waals surface area contributed by atoms with E-state index in [0.29, 0.717) is 12.3 Å². The second-order valence-corrected chi connectivity index (χ2v) is 6.98. The average molecular weight is 392 g/mol. The predicted octanol–water partition coefficient (Wildman–Crippen LogP) is 4.36. The fourth-order valence-electron chi connectivity index (χ4n) is 2.35. The van der Waals surface area contributed by atoms with Crippen molar-refractivity contribution in [1.29, 1.82) is 0 Å². The van der Waals surface area contributed by atoms with Gasteiger partial charge in [-0.1, -0.05) is 28.1 Å². The molecule has 0 aliphatic carbocycles. The Morgan fingerprint density at radius 3 is 2.91 bits per heavy atom. The summed E-state index contributed by atoms with van der Waals surface area (Å²) in [5, 5.41) is 17.7. The number of halogens is 1. The summed E-state index contributed by atoms with van der Waals surface area (Å²) >= 11 is 4.94. The van der Waals surface area contributed by atoms with E-state index < -0.39 is 0 Å². The van der Waals surface area contributed by atoms with Gasteiger partial charge >= 0.3 is 0 Å². The van der Waals surface area contributed by atoms with E-state index in [1.807, 2.05) is 24.3 Å². The standard InChI is InChI=1S/C17H18BrN3OS/c18-13-6-7-15(22)12(10-13)11-19-8-3-9-20-17-14-4-1-2-5-16(14)23-21-17/h1-2,4-7,10,19,22H,3,8-9,11H2,(H,20,21). The quantitative estimate of drug-likeness (QED) is 0.523. The summed E-state index contributed by atoms with van der Waals surface area (Å²) in [6.45, 7) is 2.40. The van der Waals surface area contributed by atoms with Crippen molar-refractivity contribution < 1.29 is 5.11 Å². The maximum Gasteiger partial charge on any atom is 0.147 e. The van der Waals surface area contributed by atoms with E-state index in [1.165, 1.54) is 21.6 Å². The molecule has 120 valence electrons. The summed E-state index contributed by atoms with van der Waals surface area (Å²) in [5.74, 6) is 1.29. The Bertz CT molecular complexity index is 790. The number of hydrogen-bond acceptors (Lipinski definition) is 5. The molecule has 2 aromatic carbocycles. The van der Waals surface area contributed by atoms with Gasteiger partial charge < -0.3 is 15.7 Å². The van der Waals surface area contributed by atoms with Crippen LogP contribution in [0.15, 0.2) is 46.9 Å². The van der Waals surface area contributed by atoms with Gasteiger partial charge in [0.2, 0.25) is 0 Å². The van der Waals surface area contributed by atoms with Crippen LogP contribution in [-0.2, 0) is 6.54 Å². The lowest BCUT2D eigenvalue weighted by molar-refractivity contribution is 0.464. The number of aromatic hydroxyl groups is 1. The highest BCUT2D eigenvalue weighted by atomic mass is 79.9. The minimum absolute atomic E-state index is 0.327. The second-order valence-electron chi connectivity index (χ2n) is 5.26. The molecule has 0 atom stereocenters. The first-order valence-corrected chi connectivity index (χ1v) is 9.07. The van der Waals surface area contributed by atoms with Crippen molar-refractivity contribution >= 4 is 43.4 Å². The molecule has 0 bridgehead atoms. The Morgan fingerprint density at radius 2 is 2.00 bits per heavy atom. The number of aromatic nitrogens is 1. The molecule has 4 nitrogen and oxygen atoms in total. The van der Waals surface area contributed by atoms with Gasteiger partial charge in [-0.2, -0.15) is 4.37 Å². The molecule has 0 aliphatic heterocycles. The van der Waals surface area contributed by atoms with Gasteiger partial charge in [0.25, 0.3) is 0 Å². The van der Waals surface area contributed by atoms with Gasteiger partial charge in [-0.25, -0.2) is 0 Å². The van der Waals surface area contributed by atoms with Crippen molar-refractivity contribution in [3.63, 3.8) is 0 Å². The number of benzene rings is 2. The molecule has 0 radical (unpaired) electrons. The van der Waals surface area contributed by atoms with E-state index in [4.69, 9.17) is 0 Å². The number of phenolic OH excluding ortho intramolecular Hbond substituents is 1. The molecule has 3 N–H and O–H groups in total. The molecule has 0 saturated carbocycles. The normalized spacial score (nSPS) is 11.0. The molecule has 0 spiro atoms. The number of nitrogens with zero attached hydrogens (tertiary/aromatic N) is 1. The van der Waals surface area contributed by atoms with Crippen LogP contribution in [0.4, 0.5) is 5.82 Å². The smallest absolute Gasteiger partial charge is 0.147 e. The zero-order valence-corrected chi connectivity index (χ0v) is 15.0. The summed E-state index contributed by atoms with van der Waals surface area (Å²) in [4.78, 5) is 0. The van der Waals surface area contributed by atoms with Crippen molar-refractivity contribution in [1.82, 2.24) is 9.69 Å². The van der Waals surface area contributed by atoms with Crippen molar-refractivity contribution in [2.75, 3.05) is 18.4 Å². The van der Waals surface area contributed by atoms with Crippen LogP contribution in [0.1, 0.15) is 12.0 Å². The number of fused-ring (bicyclic) bond motifs is 1. The molecule has 1 aromatic heterocycles. The van der Waals surface area contributed by atoms with Crippen molar-refractivity contribution in [3.8, 4) is 5.75 Å². The van der Waals surface area contributed by atoms with E-state index in [2.05, 4.69) is 43.1 Å². The van der Waals surface area contributed by atoms with Crippen LogP contribution in [0.5, 0.6) is 5.75 Å². The summed E-state index contributed by atoms with van der Waals surface area (Å²) < 4.78 is 6.64. The average Bonchev–Trinajstić information content (AvgIpc) is 2.97. The predicted molar refractivity (Wildman–Crippen MR) is 100 cm³/mol. The fraction of sp³-hybridized carbons (Fsp3) is 0.235. The first-order chi connectivity index (χ1) is 11.2. The minimum atomic E-state index is 0.327. The molecule has 0 unspecified atom stereocenters. The molecule has 6 heteroatoms. The first kappa shape index (κ1) is 16.2. The number of rotatable bonds is 7. The van der Waals surface area contributed by atoms with Crippen LogP contribution in [0, 0.1) is 0 Å². The maximum absolute atomic E-state index is 9.78. The Labute approximate surface area is 147 Å². The van der Waals surface area contributed by atoms with Gasteiger partial charge in [0.05, 0.1) is 4.70 Å². The Kier molecular flexibility index (Phi) is 5.48. The van der Waals surface area contributed by atoms with Crippen LogP contribution in [0.2, 0.25) is 0 Å². The van der Waals surface area contributed by atoms with Crippen LogP contribution in [0.3, 0.4) is 0 Å². The van der Waals surface area contributed by atoms with Crippen LogP contribution < -0.4 is 10.6 Å². The zero-order chi connectivity index (χ0) is 16.1. The largest absolute Gasteiger partial charge is 0.508 e. The van der Waals surface area contributed by atoms with Crippen molar-refractivity contribution in [3.05, 3.63) is 52.5 Å². The van der Waals surface area contributed by atoms with Gasteiger partial charge in [-0.05, 0) is 54.8 Å². The van der Waals surface area contributed by atoms with Gasteiger partial charge in [-0.3, -0.25) is 0 Å². The van der Waals surface area contributed by atoms with Gasteiger partial charge in [0.15, 0.2) is 0 Å². The molecule has 0 fully saturated rings. The van der Waals surface area contributed by atoms with E-state index in [0.717, 1.165) is 35.4 Å². The highest BCUT2D eigenvalue weighted by molar-refractivity contribution is 9.10. The molecule has 0 saturated heterocycles. The van der Waals surface area contributed by atoms with Gasteiger partial charge in [0, 0.05) is 28.5 Å². The minimum Gasteiger partial charge on any atom is -0.508 e. The monoisotopic (exact) mass is 391 g/mol. The number of anilines is 1. The maximum atomic E-state index is 9.78. The third-order valence-electron chi connectivity index (χ3n) is 3.56. The number of phenols is 1. The molecule has 0 amide bonds. The lowest BCUT2D eigenvalue weighted by Crippen LogP contribution is -2.17. The third kappa shape index (κ3) is 4.22. The zero-order valence-electron chi connectivity index (χ0n) is 12.6. The summed E-state index contributed by atoms with van der Waals surface area (Å²) in [5.41, 5.74) is 0.901. The molecule has 1 heterocycles. The van der Waals surface area contributed by atoms with E-state index in [9.17, 15) is 5.11 Å². The fourth-order valence-corrected chi connectivity index (χ4v) is 3.52. The van der Waals surface area contributed by atoms with Crippen molar-refractivity contribution in [2.24, 2.45) is 0 Å². The SMILES string of the molecule is Oc1ccc(Br)cc1CNCCCNc1nsc2ccccc12. The number of hydrogen-bond donors (Lipinski definition) is 3. The topological polar surface area (TPSA) is 57.2 Å². The van der Waals surface area contributed by atoms with E-state index >= 15 is 0 Å². The van der Waals surface area contributed by atoms with Gasteiger partial charge in [-0.15, -0.1) is 0 Å². The summed E-state index contributed by atoms with van der Waals surface area (Å²) in [7, 11) is 0. The molecular weight excluding hydrogens is 374 g/mol. The molecule has 0 aliphatic rings. The second kappa shape index (κ2) is 7.77. The third-order valence-corrected chi connectivity index (χ3v) is 4.88. The molecule has 3 rings (SSSR count). The summed E-state index contributed by atoms with van der Waals surface area (Å²) in [6.07, 6.45) is 0.987. The van der Waals surface area contributed by atoms with E-state index in [1.54, 1.807) is 6.07 Å². The highest BCUT2D eigenvalue weighted by Gasteiger charge is 2.04. The molecular formula is C17H18BrN3OS. The van der Waals surface area contributed by atoms with Crippen molar-refractivity contribution in [2.45, 2.75) is 13.0 Å². The summed E-state index contributed by atoms with van der Waals surface area (Å²) in [6, 6.07) is 13.7. The highest BCUT2D eigenvalue weighted by Crippen LogP contribution is 2.26. The van der Waals surface area contributed by atoms with E-state index in [-0.39, 0.29) is 0 Å². The van der Waals surface area contributed by atoms with Crippen LogP contribution in [0.25, 0.3) is 10.1 Å². The lowest BCUT2D eigenvalue weighted by Gasteiger charge is -2.08. The molecule has 3 aromatic rings. The Hall–Kier alpha value is -1.63. The van der Waals surface area contributed by atoms with Gasteiger partial charge in [0.1, 0.15) is 11.6 Å². The first-order valence-electron chi connectivity index (χ1n) is 7.50. The Morgan fingerprint density at radius 1 is 1.13 bits per heavy atom. The Balaban J connectivity index is 1.41. The molecule has 23 heavy (non-hydrogen) atoms. The number of nitrogens with one attached hydrogen (secondary N) is 2.